The van der Waals surface area contributed by atoms with Crippen molar-refractivity contribution in [1.29, 1.82) is 0 Å². The van der Waals surface area contributed by atoms with Gasteiger partial charge in [-0.2, -0.15) is 0 Å². The van der Waals surface area contributed by atoms with Gasteiger partial charge in [0, 0.05) is 22.6 Å². The molecule has 1 saturated carbocycles. The third-order valence-electron chi connectivity index (χ3n) is 3.53. The summed E-state index contributed by atoms with van der Waals surface area (Å²) in [6.07, 6.45) is 2.54. The number of benzene rings is 1. The first-order valence-electron chi connectivity index (χ1n) is 6.56. The van der Waals surface area contributed by atoms with Crippen LogP contribution >= 0.6 is 15.9 Å². The van der Waals surface area contributed by atoms with E-state index in [4.69, 9.17) is 0 Å². The van der Waals surface area contributed by atoms with Crippen LogP contribution in [-0.2, 0) is 0 Å². The highest BCUT2D eigenvalue weighted by atomic mass is 79.9. The molecule has 0 bridgehead atoms. The van der Waals surface area contributed by atoms with Crippen LogP contribution in [-0.4, -0.2) is 23.4 Å². The predicted molar refractivity (Wildman–Crippen MR) is 77.8 cm³/mol. The maximum absolute atomic E-state index is 12.6. The monoisotopic (exact) mass is 309 g/mol. The van der Waals surface area contributed by atoms with E-state index in [-0.39, 0.29) is 11.9 Å². The standard InChI is InChI=1S/C15H20BrNO/c1-10(2)17(9-12-7-8-12)15(18)13-5-4-6-14(16)11(13)3/h4-6,10,12H,7-9H2,1-3H3. The first-order chi connectivity index (χ1) is 8.50. The topological polar surface area (TPSA) is 20.3 Å². The van der Waals surface area contributed by atoms with E-state index in [0.717, 1.165) is 28.1 Å². The van der Waals surface area contributed by atoms with E-state index in [2.05, 4.69) is 29.8 Å². The third kappa shape index (κ3) is 2.94. The first-order valence-corrected chi connectivity index (χ1v) is 7.36. The fourth-order valence-electron chi connectivity index (χ4n) is 2.10. The Bertz CT molecular complexity index is 452. The van der Waals surface area contributed by atoms with E-state index < -0.39 is 0 Å². The molecular formula is C15H20BrNO. The molecule has 1 amide bonds. The minimum atomic E-state index is 0.163. The minimum Gasteiger partial charge on any atom is -0.336 e. The molecule has 2 nitrogen and oxygen atoms in total. The molecule has 0 N–H and O–H groups in total. The lowest BCUT2D eigenvalue weighted by Gasteiger charge is -2.27. The Morgan fingerprint density at radius 1 is 1.44 bits per heavy atom. The van der Waals surface area contributed by atoms with Crippen molar-refractivity contribution in [3.8, 4) is 0 Å². The van der Waals surface area contributed by atoms with E-state index in [9.17, 15) is 4.79 Å². The quantitative estimate of drug-likeness (QED) is 0.822. The largest absolute Gasteiger partial charge is 0.336 e. The van der Waals surface area contributed by atoms with Gasteiger partial charge < -0.3 is 4.90 Å². The highest BCUT2D eigenvalue weighted by Gasteiger charge is 2.29. The number of hydrogen-bond acceptors (Lipinski definition) is 1. The summed E-state index contributed by atoms with van der Waals surface area (Å²) < 4.78 is 1.00. The first kappa shape index (κ1) is 13.6. The van der Waals surface area contributed by atoms with Crippen LogP contribution in [0.25, 0.3) is 0 Å². The smallest absolute Gasteiger partial charge is 0.254 e. The van der Waals surface area contributed by atoms with Crippen LogP contribution in [0.15, 0.2) is 22.7 Å². The average Bonchev–Trinajstić information content (AvgIpc) is 3.12. The van der Waals surface area contributed by atoms with Crippen molar-refractivity contribution in [2.24, 2.45) is 5.92 Å². The highest BCUT2D eigenvalue weighted by molar-refractivity contribution is 9.10. The van der Waals surface area contributed by atoms with Gasteiger partial charge in [0.15, 0.2) is 0 Å². The summed E-state index contributed by atoms with van der Waals surface area (Å²) in [6.45, 7) is 7.08. The second kappa shape index (κ2) is 5.43. The van der Waals surface area contributed by atoms with Crippen LogP contribution in [0.3, 0.4) is 0 Å². The Morgan fingerprint density at radius 3 is 2.67 bits per heavy atom. The summed E-state index contributed by atoms with van der Waals surface area (Å²) in [6, 6.07) is 6.09. The average molecular weight is 310 g/mol. The molecule has 0 unspecified atom stereocenters. The van der Waals surface area contributed by atoms with Gasteiger partial charge in [0.25, 0.3) is 5.91 Å². The molecule has 1 aromatic carbocycles. The second-order valence-electron chi connectivity index (χ2n) is 5.41. The lowest BCUT2D eigenvalue weighted by atomic mass is 10.1. The van der Waals surface area contributed by atoms with Gasteiger partial charge in [0.2, 0.25) is 0 Å². The Balaban J connectivity index is 2.23. The number of carbonyl (C=O) groups is 1. The lowest BCUT2D eigenvalue weighted by molar-refractivity contribution is 0.0695. The molecule has 3 heteroatoms. The molecule has 1 aliphatic rings. The molecule has 0 aromatic heterocycles. The highest BCUT2D eigenvalue weighted by Crippen LogP contribution is 2.31. The molecule has 2 rings (SSSR count). The summed E-state index contributed by atoms with van der Waals surface area (Å²) >= 11 is 3.49. The number of carbonyl (C=O) groups excluding carboxylic acids is 1. The molecule has 0 saturated heterocycles. The van der Waals surface area contributed by atoms with Crippen molar-refractivity contribution in [3.05, 3.63) is 33.8 Å². The molecule has 0 heterocycles. The maximum Gasteiger partial charge on any atom is 0.254 e. The van der Waals surface area contributed by atoms with Gasteiger partial charge in [-0.05, 0) is 57.2 Å². The van der Waals surface area contributed by atoms with Crippen molar-refractivity contribution in [3.63, 3.8) is 0 Å². The molecule has 0 spiro atoms. The van der Waals surface area contributed by atoms with Crippen molar-refractivity contribution in [2.45, 2.75) is 39.7 Å². The zero-order valence-corrected chi connectivity index (χ0v) is 12.8. The minimum absolute atomic E-state index is 0.163. The zero-order chi connectivity index (χ0) is 13.3. The van der Waals surface area contributed by atoms with Gasteiger partial charge in [0.05, 0.1) is 0 Å². The molecule has 98 valence electrons. The van der Waals surface area contributed by atoms with Crippen LogP contribution in [0.2, 0.25) is 0 Å². The predicted octanol–water partition coefficient (Wildman–Crippen LogP) is 4.02. The summed E-state index contributed by atoms with van der Waals surface area (Å²) in [5, 5.41) is 0. The molecule has 18 heavy (non-hydrogen) atoms. The van der Waals surface area contributed by atoms with Gasteiger partial charge in [-0.25, -0.2) is 0 Å². The Hall–Kier alpha value is -0.830. The maximum atomic E-state index is 12.6. The number of nitrogens with zero attached hydrogens (tertiary/aromatic N) is 1. The number of halogens is 1. The fourth-order valence-corrected chi connectivity index (χ4v) is 2.47. The summed E-state index contributed by atoms with van der Waals surface area (Å²) in [5.41, 5.74) is 1.85. The summed E-state index contributed by atoms with van der Waals surface area (Å²) in [5.74, 6) is 0.888. The Labute approximate surface area is 117 Å². The number of rotatable bonds is 4. The van der Waals surface area contributed by atoms with Gasteiger partial charge >= 0.3 is 0 Å². The molecule has 0 atom stereocenters. The van der Waals surface area contributed by atoms with Crippen LogP contribution in [0, 0.1) is 12.8 Å². The van der Waals surface area contributed by atoms with Gasteiger partial charge in [-0.1, -0.05) is 22.0 Å². The van der Waals surface area contributed by atoms with Crippen LogP contribution in [0.5, 0.6) is 0 Å². The molecule has 1 fully saturated rings. The van der Waals surface area contributed by atoms with Crippen molar-refractivity contribution < 1.29 is 4.79 Å². The van der Waals surface area contributed by atoms with Crippen molar-refractivity contribution >= 4 is 21.8 Å². The third-order valence-corrected chi connectivity index (χ3v) is 4.39. The lowest BCUT2D eigenvalue weighted by Crippen LogP contribution is -2.38. The van der Waals surface area contributed by atoms with Gasteiger partial charge in [0.1, 0.15) is 0 Å². The van der Waals surface area contributed by atoms with Crippen LogP contribution in [0.1, 0.15) is 42.6 Å². The van der Waals surface area contributed by atoms with Crippen molar-refractivity contribution in [2.75, 3.05) is 6.54 Å². The van der Waals surface area contributed by atoms with Crippen LogP contribution < -0.4 is 0 Å². The SMILES string of the molecule is Cc1c(Br)cccc1C(=O)N(CC1CC1)C(C)C. The molecule has 0 radical (unpaired) electrons. The molecular weight excluding hydrogens is 290 g/mol. The van der Waals surface area contributed by atoms with E-state index >= 15 is 0 Å². The summed E-state index contributed by atoms with van der Waals surface area (Å²) in [7, 11) is 0. The number of amides is 1. The van der Waals surface area contributed by atoms with Gasteiger partial charge in [-0.3, -0.25) is 4.79 Å². The molecule has 0 aliphatic heterocycles. The van der Waals surface area contributed by atoms with E-state index in [1.165, 1.54) is 12.8 Å². The normalized spacial score (nSPS) is 14.9. The molecule has 1 aliphatic carbocycles. The van der Waals surface area contributed by atoms with E-state index in [1.807, 2.05) is 30.0 Å². The second-order valence-corrected chi connectivity index (χ2v) is 6.26. The summed E-state index contributed by atoms with van der Waals surface area (Å²) in [4.78, 5) is 14.6. The Kier molecular flexibility index (Phi) is 4.10. The number of hydrogen-bond donors (Lipinski definition) is 0. The molecule has 1 aromatic rings. The van der Waals surface area contributed by atoms with Crippen LogP contribution in [0.4, 0.5) is 0 Å². The fraction of sp³-hybridized carbons (Fsp3) is 0.533. The van der Waals surface area contributed by atoms with Gasteiger partial charge in [-0.15, -0.1) is 0 Å². The zero-order valence-electron chi connectivity index (χ0n) is 11.2. The van der Waals surface area contributed by atoms with Crippen molar-refractivity contribution in [1.82, 2.24) is 4.90 Å². The van der Waals surface area contributed by atoms with E-state index in [1.54, 1.807) is 0 Å². The Morgan fingerprint density at radius 2 is 2.11 bits per heavy atom. The van der Waals surface area contributed by atoms with E-state index in [0.29, 0.717) is 0 Å².